The molecule has 1 aromatic rings. The summed E-state index contributed by atoms with van der Waals surface area (Å²) in [7, 11) is 0. The summed E-state index contributed by atoms with van der Waals surface area (Å²) in [4.78, 5) is 0. The van der Waals surface area contributed by atoms with Gasteiger partial charge in [-0.2, -0.15) is 0 Å². The fourth-order valence-corrected chi connectivity index (χ4v) is 1.78. The van der Waals surface area contributed by atoms with E-state index in [9.17, 15) is 0 Å². The van der Waals surface area contributed by atoms with Gasteiger partial charge >= 0.3 is 0 Å². The number of aryl methyl sites for hydroxylation is 1. The van der Waals surface area contributed by atoms with E-state index in [1.54, 1.807) is 0 Å². The molecule has 0 saturated carbocycles. The van der Waals surface area contributed by atoms with Crippen LogP contribution in [0.15, 0.2) is 30.3 Å². The zero-order valence-corrected chi connectivity index (χ0v) is 12.2. The summed E-state index contributed by atoms with van der Waals surface area (Å²) >= 11 is 0. The van der Waals surface area contributed by atoms with Crippen molar-refractivity contribution in [2.24, 2.45) is 0 Å². The minimum atomic E-state index is 0.369. The third-order valence-electron chi connectivity index (χ3n) is 3.01. The quantitative estimate of drug-likeness (QED) is 0.645. The molecule has 0 atom stereocenters. The molecule has 0 aliphatic heterocycles. The molecule has 18 heavy (non-hydrogen) atoms. The van der Waals surface area contributed by atoms with Crippen molar-refractivity contribution in [1.82, 2.24) is 0 Å². The summed E-state index contributed by atoms with van der Waals surface area (Å²) < 4.78 is 0. The molecule has 0 spiro atoms. The minimum absolute atomic E-state index is 0.369. The van der Waals surface area contributed by atoms with E-state index in [2.05, 4.69) is 38.1 Å². The molecule has 0 fully saturated rings. The smallest absolute Gasteiger partial charge is 0.0431 e. The molecule has 0 aliphatic rings. The monoisotopic (exact) mass is 250 g/mol. The van der Waals surface area contributed by atoms with Gasteiger partial charge < -0.3 is 5.11 Å². The Morgan fingerprint density at radius 2 is 1.33 bits per heavy atom. The second-order valence-electron chi connectivity index (χ2n) is 4.68. The van der Waals surface area contributed by atoms with Crippen LogP contribution in [0.1, 0.15) is 64.4 Å². The normalized spacial score (nSPS) is 9.72. The lowest BCUT2D eigenvalue weighted by Crippen LogP contribution is -1.83. The lowest BCUT2D eigenvalue weighted by atomic mass is 10.1. The number of unbranched alkanes of at least 4 members (excludes halogenated alkanes) is 6. The van der Waals surface area contributed by atoms with E-state index in [1.165, 1.54) is 44.1 Å². The summed E-state index contributed by atoms with van der Waals surface area (Å²) in [5.41, 5.74) is 1.41. The van der Waals surface area contributed by atoms with Gasteiger partial charge in [-0.15, -0.1) is 0 Å². The Labute approximate surface area is 113 Å². The van der Waals surface area contributed by atoms with Gasteiger partial charge in [-0.05, 0) is 18.4 Å². The molecule has 1 N–H and O–H groups in total. The van der Waals surface area contributed by atoms with Crippen molar-refractivity contribution in [2.45, 2.75) is 65.2 Å². The average Bonchev–Trinajstić information content (AvgIpc) is 2.44. The largest absolute Gasteiger partial charge is 0.396 e. The molecule has 0 radical (unpaired) electrons. The molecule has 0 heterocycles. The van der Waals surface area contributed by atoms with Gasteiger partial charge in [0.25, 0.3) is 0 Å². The van der Waals surface area contributed by atoms with Gasteiger partial charge in [0.2, 0.25) is 0 Å². The van der Waals surface area contributed by atoms with E-state index >= 15 is 0 Å². The highest BCUT2D eigenvalue weighted by Gasteiger charge is 1.88. The van der Waals surface area contributed by atoms with Gasteiger partial charge in [0, 0.05) is 6.61 Å². The first-order chi connectivity index (χ1) is 8.85. The van der Waals surface area contributed by atoms with E-state index in [0.717, 1.165) is 12.8 Å². The van der Waals surface area contributed by atoms with E-state index in [0.29, 0.717) is 6.61 Å². The predicted octanol–water partition coefficient (Wildman–Crippen LogP) is 4.98. The van der Waals surface area contributed by atoms with Gasteiger partial charge in [-0.1, -0.05) is 82.7 Å². The van der Waals surface area contributed by atoms with Gasteiger partial charge in [0.15, 0.2) is 0 Å². The van der Waals surface area contributed by atoms with E-state index < -0.39 is 0 Å². The molecule has 0 aliphatic carbocycles. The third kappa shape index (κ3) is 11.7. The van der Waals surface area contributed by atoms with Crippen LogP contribution >= 0.6 is 0 Å². The zero-order valence-electron chi connectivity index (χ0n) is 12.2. The van der Waals surface area contributed by atoms with Crippen LogP contribution in [0.4, 0.5) is 0 Å². The summed E-state index contributed by atoms with van der Waals surface area (Å²) in [5, 5.41) is 8.47. The molecule has 0 unspecified atom stereocenters. The Kier molecular flexibility index (Phi) is 13.6. The van der Waals surface area contributed by atoms with Crippen molar-refractivity contribution in [3.8, 4) is 0 Å². The predicted molar refractivity (Wildman–Crippen MR) is 80.9 cm³/mol. The molecule has 1 rings (SSSR count). The average molecular weight is 250 g/mol. The van der Waals surface area contributed by atoms with Crippen LogP contribution in [-0.4, -0.2) is 11.7 Å². The highest BCUT2D eigenvalue weighted by atomic mass is 16.2. The van der Waals surface area contributed by atoms with Crippen LogP contribution in [0.25, 0.3) is 0 Å². The lowest BCUT2D eigenvalue weighted by Gasteiger charge is -1.97. The van der Waals surface area contributed by atoms with Crippen LogP contribution < -0.4 is 0 Å². The first kappa shape index (κ1) is 17.2. The maximum atomic E-state index is 8.47. The molecule has 0 aromatic heterocycles. The summed E-state index contributed by atoms with van der Waals surface area (Å²) in [6.07, 6.45) is 10.1. The molecule has 1 nitrogen and oxygen atoms in total. The number of benzene rings is 1. The molecule has 0 bridgehead atoms. The van der Waals surface area contributed by atoms with Gasteiger partial charge in [-0.3, -0.25) is 0 Å². The maximum absolute atomic E-state index is 8.47. The van der Waals surface area contributed by atoms with Gasteiger partial charge in [0.1, 0.15) is 0 Å². The zero-order chi connectivity index (χ0) is 13.5. The van der Waals surface area contributed by atoms with Crippen LogP contribution in [0.5, 0.6) is 0 Å². The second kappa shape index (κ2) is 14.2. The van der Waals surface area contributed by atoms with Crippen molar-refractivity contribution < 1.29 is 5.11 Å². The van der Waals surface area contributed by atoms with Crippen LogP contribution in [0.2, 0.25) is 0 Å². The van der Waals surface area contributed by atoms with E-state index in [1.807, 2.05) is 6.07 Å². The number of hydrogen-bond donors (Lipinski definition) is 1. The number of aliphatic hydroxyl groups is 1. The number of rotatable bonds is 8. The second-order valence-corrected chi connectivity index (χ2v) is 4.68. The van der Waals surface area contributed by atoms with Crippen molar-refractivity contribution >= 4 is 0 Å². The van der Waals surface area contributed by atoms with Crippen molar-refractivity contribution in [2.75, 3.05) is 6.61 Å². The van der Waals surface area contributed by atoms with Crippen molar-refractivity contribution in [1.29, 1.82) is 0 Å². The summed E-state index contributed by atoms with van der Waals surface area (Å²) in [6.45, 7) is 4.76. The Morgan fingerprint density at radius 1 is 0.778 bits per heavy atom. The topological polar surface area (TPSA) is 20.2 Å². The molecule has 1 aromatic carbocycles. The van der Waals surface area contributed by atoms with Gasteiger partial charge in [-0.25, -0.2) is 0 Å². The Bertz CT molecular complexity index is 235. The molecule has 104 valence electrons. The lowest BCUT2D eigenvalue weighted by molar-refractivity contribution is 0.282. The highest BCUT2D eigenvalue weighted by Crippen LogP contribution is 2.05. The first-order valence-corrected chi connectivity index (χ1v) is 7.49. The number of aliphatic hydroxyl groups excluding tert-OH is 1. The fraction of sp³-hybridized carbons (Fsp3) is 0.647. The molecule has 0 saturated heterocycles. The maximum Gasteiger partial charge on any atom is 0.0431 e. The Hall–Kier alpha value is -0.820. The molecular formula is C17H30O. The summed E-state index contributed by atoms with van der Waals surface area (Å²) in [5.74, 6) is 0. The first-order valence-electron chi connectivity index (χ1n) is 7.49. The minimum Gasteiger partial charge on any atom is -0.396 e. The van der Waals surface area contributed by atoms with Gasteiger partial charge in [0.05, 0.1) is 0 Å². The molecule has 0 amide bonds. The SMILES string of the molecule is CCCCCCCCCO.CCc1ccccc1. The fourth-order valence-electron chi connectivity index (χ4n) is 1.78. The van der Waals surface area contributed by atoms with Crippen LogP contribution in [-0.2, 0) is 6.42 Å². The number of hydrogen-bond acceptors (Lipinski definition) is 1. The highest BCUT2D eigenvalue weighted by molar-refractivity contribution is 5.13. The Balaban J connectivity index is 0.000000327. The van der Waals surface area contributed by atoms with Crippen molar-refractivity contribution in [3.05, 3.63) is 35.9 Å². The summed E-state index contributed by atoms with van der Waals surface area (Å²) in [6, 6.07) is 10.5. The van der Waals surface area contributed by atoms with Crippen molar-refractivity contribution in [3.63, 3.8) is 0 Å². The van der Waals surface area contributed by atoms with E-state index in [4.69, 9.17) is 5.11 Å². The standard InChI is InChI=1S/C9H20O.C8H10/c1-2-3-4-5-6-7-8-9-10;1-2-8-6-4-3-5-7-8/h10H,2-9H2,1H3;3-7H,2H2,1H3. The van der Waals surface area contributed by atoms with Crippen LogP contribution in [0, 0.1) is 0 Å². The molecular weight excluding hydrogens is 220 g/mol. The van der Waals surface area contributed by atoms with Crippen LogP contribution in [0.3, 0.4) is 0 Å². The third-order valence-corrected chi connectivity index (χ3v) is 3.01. The van der Waals surface area contributed by atoms with E-state index in [-0.39, 0.29) is 0 Å². The molecule has 1 heteroatoms. The Morgan fingerprint density at radius 3 is 1.78 bits per heavy atom.